The molecule has 1 aliphatic carbocycles. The van der Waals surface area contributed by atoms with Crippen LogP contribution in [0.3, 0.4) is 0 Å². The third-order valence-corrected chi connectivity index (χ3v) is 5.36. The van der Waals surface area contributed by atoms with Gasteiger partial charge in [-0.1, -0.05) is 0 Å². The van der Waals surface area contributed by atoms with Gasteiger partial charge in [-0.2, -0.15) is 0 Å². The molecule has 1 aliphatic heterocycles. The molecule has 2 aliphatic rings. The number of hydrogen-bond acceptors (Lipinski definition) is 4. The zero-order valence-corrected chi connectivity index (χ0v) is 16.4. The highest BCUT2D eigenvalue weighted by Gasteiger charge is 2.29. The van der Waals surface area contributed by atoms with Gasteiger partial charge in [0.1, 0.15) is 5.56 Å². The molecule has 8 heteroatoms. The third kappa shape index (κ3) is 5.11. The van der Waals surface area contributed by atoms with Gasteiger partial charge in [-0.25, -0.2) is 0 Å². The van der Waals surface area contributed by atoms with E-state index in [9.17, 15) is 14.4 Å². The van der Waals surface area contributed by atoms with Crippen molar-refractivity contribution in [3.8, 4) is 0 Å². The number of likely N-dealkylation sites (tertiary alicyclic amines) is 1. The summed E-state index contributed by atoms with van der Waals surface area (Å²) in [4.78, 5) is 41.9. The summed E-state index contributed by atoms with van der Waals surface area (Å²) in [6, 6.07) is 1.71. The summed E-state index contributed by atoms with van der Waals surface area (Å²) in [6.45, 7) is 1.34. The molecule has 0 radical (unpaired) electrons. The molecule has 2 heterocycles. The lowest BCUT2D eigenvalue weighted by molar-refractivity contribution is -0.121. The minimum absolute atomic E-state index is 0. The highest BCUT2D eigenvalue weighted by atomic mass is 35.5. The van der Waals surface area contributed by atoms with Crippen LogP contribution in [0.4, 0.5) is 0 Å². The van der Waals surface area contributed by atoms with Gasteiger partial charge >= 0.3 is 0 Å². The predicted molar refractivity (Wildman–Crippen MR) is 106 cm³/mol. The number of fused-ring (bicyclic) bond motifs is 1. The van der Waals surface area contributed by atoms with Crippen molar-refractivity contribution in [2.45, 2.75) is 57.4 Å². The third-order valence-electron chi connectivity index (χ3n) is 5.36. The number of piperidine rings is 1. The van der Waals surface area contributed by atoms with Crippen molar-refractivity contribution in [3.63, 3.8) is 0 Å². The maximum absolute atomic E-state index is 13.1. The number of hydrogen-bond donors (Lipinski definition) is 3. The summed E-state index contributed by atoms with van der Waals surface area (Å²) in [5, 5.41) is 2.86. The van der Waals surface area contributed by atoms with E-state index in [4.69, 9.17) is 5.73 Å². The molecule has 1 unspecified atom stereocenters. The van der Waals surface area contributed by atoms with Crippen LogP contribution in [0.5, 0.6) is 0 Å². The number of carbonyl (C=O) groups is 2. The van der Waals surface area contributed by atoms with E-state index >= 15 is 0 Å². The molecule has 1 saturated heterocycles. The second-order valence-corrected chi connectivity index (χ2v) is 7.21. The normalized spacial score (nSPS) is 19.0. The van der Waals surface area contributed by atoms with Gasteiger partial charge in [0.2, 0.25) is 5.91 Å². The van der Waals surface area contributed by atoms with Crippen LogP contribution in [0.15, 0.2) is 10.9 Å². The molecule has 4 N–H and O–H groups in total. The Balaban J connectivity index is 0.00000261. The average Bonchev–Trinajstić information content (AvgIpc) is 2.66. The molecule has 1 aromatic heterocycles. The number of H-pyrrole nitrogens is 1. The maximum Gasteiger partial charge on any atom is 0.261 e. The first-order valence-electron chi connectivity index (χ1n) is 9.63. The summed E-state index contributed by atoms with van der Waals surface area (Å²) in [5.41, 5.74) is 7.39. The molecule has 150 valence electrons. The SMILES string of the molecule is Cl.NCCC(=O)NCC1CCCCN1C(=O)c1cc2c([nH]c1=O)CCCC2. The highest BCUT2D eigenvalue weighted by Crippen LogP contribution is 2.22. The molecule has 27 heavy (non-hydrogen) atoms. The molecular formula is C19H29ClN4O3. The number of nitrogens with zero attached hydrogens (tertiary/aromatic N) is 1. The fourth-order valence-corrected chi connectivity index (χ4v) is 3.92. The van der Waals surface area contributed by atoms with Gasteiger partial charge in [-0.05, 0) is 56.6 Å². The Bertz CT molecular complexity index is 734. The van der Waals surface area contributed by atoms with Crippen LogP contribution in [-0.4, -0.2) is 47.4 Å². The topological polar surface area (TPSA) is 108 Å². The number of carbonyl (C=O) groups excluding carboxylic acids is 2. The molecule has 0 bridgehead atoms. The Hall–Kier alpha value is -1.86. The molecule has 7 nitrogen and oxygen atoms in total. The van der Waals surface area contributed by atoms with E-state index in [0.717, 1.165) is 56.2 Å². The quantitative estimate of drug-likeness (QED) is 0.693. The minimum atomic E-state index is -0.299. The monoisotopic (exact) mass is 396 g/mol. The lowest BCUT2D eigenvalue weighted by atomic mass is 9.94. The predicted octanol–water partition coefficient (Wildman–Crippen LogP) is 1.14. The Kier molecular flexibility index (Phi) is 7.86. The van der Waals surface area contributed by atoms with Gasteiger partial charge in [0.25, 0.3) is 11.5 Å². The first-order valence-corrected chi connectivity index (χ1v) is 9.63. The standard InChI is InChI=1S/C19H28N4O3.ClH/c20-9-8-17(24)21-12-14-6-3-4-10-23(14)19(26)15-11-13-5-1-2-7-16(13)22-18(15)25;/h11,14H,1-10,12,20H2,(H,21,24)(H,22,25);1H. The van der Waals surface area contributed by atoms with Crippen molar-refractivity contribution in [2.24, 2.45) is 5.73 Å². The first kappa shape index (κ1) is 21.4. The van der Waals surface area contributed by atoms with E-state index in [1.54, 1.807) is 11.0 Å². The Morgan fingerprint density at radius 1 is 1.22 bits per heavy atom. The van der Waals surface area contributed by atoms with Crippen LogP contribution in [0, 0.1) is 0 Å². The summed E-state index contributed by atoms with van der Waals surface area (Å²) in [5.74, 6) is -0.325. The Morgan fingerprint density at radius 3 is 2.78 bits per heavy atom. The molecular weight excluding hydrogens is 368 g/mol. The lowest BCUT2D eigenvalue weighted by Crippen LogP contribution is -2.50. The summed E-state index contributed by atoms with van der Waals surface area (Å²) in [6.07, 6.45) is 6.99. The average molecular weight is 397 g/mol. The molecule has 1 atom stereocenters. The number of rotatable bonds is 5. The Morgan fingerprint density at radius 2 is 2.00 bits per heavy atom. The zero-order valence-electron chi connectivity index (χ0n) is 15.6. The van der Waals surface area contributed by atoms with Crippen LogP contribution in [0.2, 0.25) is 0 Å². The lowest BCUT2D eigenvalue weighted by Gasteiger charge is -2.36. The smallest absolute Gasteiger partial charge is 0.261 e. The number of pyridine rings is 1. The van der Waals surface area contributed by atoms with Crippen molar-refractivity contribution >= 4 is 24.2 Å². The number of nitrogens with one attached hydrogen (secondary N) is 2. The first-order chi connectivity index (χ1) is 12.6. The Labute approximate surface area is 165 Å². The number of halogens is 1. The number of aromatic amines is 1. The highest BCUT2D eigenvalue weighted by molar-refractivity contribution is 5.94. The molecule has 1 fully saturated rings. The second-order valence-electron chi connectivity index (χ2n) is 7.21. The molecule has 3 rings (SSSR count). The van der Waals surface area contributed by atoms with Crippen LogP contribution in [-0.2, 0) is 17.6 Å². The van der Waals surface area contributed by atoms with Crippen molar-refractivity contribution < 1.29 is 9.59 Å². The fraction of sp³-hybridized carbons (Fsp3) is 0.632. The van der Waals surface area contributed by atoms with E-state index in [1.807, 2.05) is 0 Å². The number of aryl methyl sites for hydroxylation is 2. The number of aromatic nitrogens is 1. The molecule has 0 saturated carbocycles. The van der Waals surface area contributed by atoms with Gasteiger partial charge in [-0.15, -0.1) is 12.4 Å². The van der Waals surface area contributed by atoms with Crippen LogP contribution < -0.4 is 16.6 Å². The van der Waals surface area contributed by atoms with Crippen LogP contribution in [0.1, 0.15) is 60.1 Å². The largest absolute Gasteiger partial charge is 0.354 e. The molecule has 0 spiro atoms. The zero-order chi connectivity index (χ0) is 18.5. The fourth-order valence-electron chi connectivity index (χ4n) is 3.92. The van der Waals surface area contributed by atoms with Gasteiger partial charge in [0, 0.05) is 37.8 Å². The molecule has 0 aromatic carbocycles. The molecule has 2 amide bonds. The van der Waals surface area contributed by atoms with Crippen LogP contribution >= 0.6 is 12.4 Å². The number of amides is 2. The van der Waals surface area contributed by atoms with Gasteiger partial charge in [0.05, 0.1) is 0 Å². The van der Waals surface area contributed by atoms with E-state index < -0.39 is 0 Å². The van der Waals surface area contributed by atoms with Crippen molar-refractivity contribution in [2.75, 3.05) is 19.6 Å². The van der Waals surface area contributed by atoms with Gasteiger partial charge < -0.3 is 20.9 Å². The maximum atomic E-state index is 13.1. The second kappa shape index (κ2) is 9.90. The van der Waals surface area contributed by atoms with E-state index in [2.05, 4.69) is 10.3 Å². The summed E-state index contributed by atoms with van der Waals surface area (Å²) in [7, 11) is 0. The summed E-state index contributed by atoms with van der Waals surface area (Å²) >= 11 is 0. The van der Waals surface area contributed by atoms with E-state index in [-0.39, 0.29) is 47.8 Å². The minimum Gasteiger partial charge on any atom is -0.354 e. The number of nitrogens with two attached hydrogens (primary N) is 1. The van der Waals surface area contributed by atoms with E-state index in [1.165, 1.54) is 0 Å². The van der Waals surface area contributed by atoms with Crippen LogP contribution in [0.25, 0.3) is 0 Å². The van der Waals surface area contributed by atoms with Gasteiger partial charge in [-0.3, -0.25) is 14.4 Å². The van der Waals surface area contributed by atoms with Gasteiger partial charge in [0.15, 0.2) is 0 Å². The van der Waals surface area contributed by atoms with Crippen molar-refractivity contribution in [1.29, 1.82) is 0 Å². The molecule has 1 aromatic rings. The van der Waals surface area contributed by atoms with Crippen molar-refractivity contribution in [1.82, 2.24) is 15.2 Å². The van der Waals surface area contributed by atoms with E-state index in [0.29, 0.717) is 19.6 Å². The van der Waals surface area contributed by atoms with Crippen molar-refractivity contribution in [3.05, 3.63) is 33.2 Å². The summed E-state index contributed by atoms with van der Waals surface area (Å²) < 4.78 is 0.